The zero-order chi connectivity index (χ0) is 17.5. The van der Waals surface area contributed by atoms with E-state index in [0.29, 0.717) is 6.61 Å². The third-order valence-electron chi connectivity index (χ3n) is 3.69. The second kappa shape index (κ2) is 8.15. The fraction of sp³-hybridized carbons (Fsp3) is 0.200. The molecule has 0 amide bonds. The van der Waals surface area contributed by atoms with Crippen molar-refractivity contribution in [2.45, 2.75) is 20.0 Å². The van der Waals surface area contributed by atoms with Gasteiger partial charge in [0.1, 0.15) is 12.4 Å². The van der Waals surface area contributed by atoms with Crippen LogP contribution < -0.4 is 4.74 Å². The van der Waals surface area contributed by atoms with Crippen LogP contribution >= 0.6 is 0 Å². The number of ether oxygens (including phenoxy) is 2. The van der Waals surface area contributed by atoms with Gasteiger partial charge in [0.15, 0.2) is 0 Å². The molecule has 0 fully saturated rings. The number of carbonyl (C=O) groups is 1. The predicted molar refractivity (Wildman–Crippen MR) is 94.7 cm³/mol. The Morgan fingerprint density at radius 2 is 1.76 bits per heavy atom. The van der Waals surface area contributed by atoms with Gasteiger partial charge in [-0.15, -0.1) is 0 Å². The minimum Gasteiger partial charge on any atom is -0.494 e. The van der Waals surface area contributed by atoms with E-state index in [0.717, 1.165) is 22.6 Å². The van der Waals surface area contributed by atoms with E-state index < -0.39 is 0 Å². The van der Waals surface area contributed by atoms with E-state index in [2.05, 4.69) is 5.10 Å². The second-order valence-electron chi connectivity index (χ2n) is 5.53. The number of rotatable bonds is 7. The molecule has 0 bridgehead atoms. The fourth-order valence-electron chi connectivity index (χ4n) is 2.42. The fourth-order valence-corrected chi connectivity index (χ4v) is 2.42. The second-order valence-corrected chi connectivity index (χ2v) is 5.53. The van der Waals surface area contributed by atoms with Crippen molar-refractivity contribution in [3.8, 4) is 11.4 Å². The van der Waals surface area contributed by atoms with Gasteiger partial charge in [0.25, 0.3) is 0 Å². The topological polar surface area (TPSA) is 53.4 Å². The molecule has 0 spiro atoms. The van der Waals surface area contributed by atoms with Gasteiger partial charge in [-0.3, -0.25) is 4.79 Å². The standard InChI is InChI=1S/C20H20N2O3/c1-2-24-19-10-6-16(7-11-19)14-20(23)25-15-17-4-8-18(9-5-17)22-13-3-12-21-22/h3-13H,2,14-15H2,1H3. The van der Waals surface area contributed by atoms with Gasteiger partial charge in [-0.25, -0.2) is 4.68 Å². The first kappa shape index (κ1) is 16.8. The minimum absolute atomic E-state index is 0.248. The van der Waals surface area contributed by atoms with Gasteiger partial charge in [0, 0.05) is 12.4 Å². The molecule has 0 aliphatic rings. The molecule has 2 aromatic carbocycles. The van der Waals surface area contributed by atoms with Gasteiger partial charge in [0.05, 0.1) is 18.7 Å². The molecule has 1 heterocycles. The number of hydrogen-bond acceptors (Lipinski definition) is 4. The van der Waals surface area contributed by atoms with E-state index in [4.69, 9.17) is 9.47 Å². The Morgan fingerprint density at radius 3 is 2.40 bits per heavy atom. The van der Waals surface area contributed by atoms with Gasteiger partial charge < -0.3 is 9.47 Å². The van der Waals surface area contributed by atoms with Crippen LogP contribution in [-0.4, -0.2) is 22.4 Å². The molecule has 5 nitrogen and oxygen atoms in total. The van der Waals surface area contributed by atoms with Crippen LogP contribution in [0.25, 0.3) is 5.69 Å². The van der Waals surface area contributed by atoms with E-state index in [1.54, 1.807) is 10.9 Å². The smallest absolute Gasteiger partial charge is 0.310 e. The Balaban J connectivity index is 1.50. The number of benzene rings is 2. The van der Waals surface area contributed by atoms with Crippen LogP contribution in [0, 0.1) is 0 Å². The highest BCUT2D eigenvalue weighted by atomic mass is 16.5. The average molecular weight is 336 g/mol. The van der Waals surface area contributed by atoms with Crippen molar-refractivity contribution in [2.24, 2.45) is 0 Å². The Labute approximate surface area is 146 Å². The lowest BCUT2D eigenvalue weighted by Gasteiger charge is -2.07. The molecular weight excluding hydrogens is 316 g/mol. The molecule has 1 aromatic heterocycles. The average Bonchev–Trinajstić information content (AvgIpc) is 3.17. The molecule has 5 heteroatoms. The summed E-state index contributed by atoms with van der Waals surface area (Å²) in [6.45, 7) is 2.82. The molecule has 0 aliphatic carbocycles. The van der Waals surface area contributed by atoms with Gasteiger partial charge >= 0.3 is 5.97 Å². The largest absolute Gasteiger partial charge is 0.494 e. The quantitative estimate of drug-likeness (QED) is 0.619. The van der Waals surface area contributed by atoms with Crippen molar-refractivity contribution < 1.29 is 14.3 Å². The van der Waals surface area contributed by atoms with Gasteiger partial charge in [-0.05, 0) is 48.4 Å². The number of carbonyl (C=O) groups excluding carboxylic acids is 1. The summed E-state index contributed by atoms with van der Waals surface area (Å²) < 4.78 is 12.5. The maximum atomic E-state index is 12.0. The zero-order valence-electron chi connectivity index (χ0n) is 14.1. The number of nitrogens with zero attached hydrogens (tertiary/aromatic N) is 2. The van der Waals surface area contributed by atoms with E-state index in [-0.39, 0.29) is 19.0 Å². The molecule has 25 heavy (non-hydrogen) atoms. The first-order valence-electron chi connectivity index (χ1n) is 8.21. The monoisotopic (exact) mass is 336 g/mol. The Morgan fingerprint density at radius 1 is 1.04 bits per heavy atom. The number of hydrogen-bond donors (Lipinski definition) is 0. The van der Waals surface area contributed by atoms with Gasteiger partial charge in [-0.2, -0.15) is 5.10 Å². The maximum absolute atomic E-state index is 12.0. The Bertz CT molecular complexity index is 794. The van der Waals surface area contributed by atoms with Crippen LogP contribution in [-0.2, 0) is 22.6 Å². The molecule has 0 atom stereocenters. The molecule has 128 valence electrons. The normalized spacial score (nSPS) is 10.4. The Kier molecular flexibility index (Phi) is 5.46. The Hall–Kier alpha value is -3.08. The van der Waals surface area contributed by atoms with Crippen LogP contribution in [0.1, 0.15) is 18.1 Å². The van der Waals surface area contributed by atoms with Gasteiger partial charge in [0.2, 0.25) is 0 Å². The van der Waals surface area contributed by atoms with Crippen LogP contribution in [0.2, 0.25) is 0 Å². The van der Waals surface area contributed by atoms with Crippen LogP contribution in [0.4, 0.5) is 0 Å². The van der Waals surface area contributed by atoms with Crippen LogP contribution in [0.3, 0.4) is 0 Å². The van der Waals surface area contributed by atoms with E-state index in [1.807, 2.05) is 67.7 Å². The van der Waals surface area contributed by atoms with Crippen molar-refractivity contribution in [3.63, 3.8) is 0 Å². The molecule has 0 N–H and O–H groups in total. The summed E-state index contributed by atoms with van der Waals surface area (Å²) in [4.78, 5) is 12.0. The molecular formula is C20H20N2O3. The molecule has 0 radical (unpaired) electrons. The van der Waals surface area contributed by atoms with Crippen molar-refractivity contribution in [1.82, 2.24) is 9.78 Å². The van der Waals surface area contributed by atoms with Crippen LogP contribution in [0.5, 0.6) is 5.75 Å². The molecule has 3 aromatic rings. The zero-order valence-corrected chi connectivity index (χ0v) is 14.1. The first-order valence-corrected chi connectivity index (χ1v) is 8.21. The van der Waals surface area contributed by atoms with Crippen molar-refractivity contribution in [2.75, 3.05) is 6.61 Å². The summed E-state index contributed by atoms with van der Waals surface area (Å²) in [5, 5.41) is 4.18. The minimum atomic E-state index is -0.250. The van der Waals surface area contributed by atoms with E-state index in [1.165, 1.54) is 0 Å². The predicted octanol–water partition coefficient (Wildman–Crippen LogP) is 3.56. The third-order valence-corrected chi connectivity index (χ3v) is 3.69. The molecule has 0 unspecified atom stereocenters. The summed E-state index contributed by atoms with van der Waals surface area (Å²) in [6, 6.07) is 17.1. The maximum Gasteiger partial charge on any atom is 0.310 e. The summed E-state index contributed by atoms with van der Waals surface area (Å²) in [5.74, 6) is 0.553. The third kappa shape index (κ3) is 4.70. The highest BCUT2D eigenvalue weighted by Crippen LogP contribution is 2.14. The SMILES string of the molecule is CCOc1ccc(CC(=O)OCc2ccc(-n3cccn3)cc2)cc1. The summed E-state index contributed by atoms with van der Waals surface area (Å²) in [6.07, 6.45) is 3.86. The van der Waals surface area contributed by atoms with Crippen molar-refractivity contribution >= 4 is 5.97 Å². The van der Waals surface area contributed by atoms with Crippen molar-refractivity contribution in [3.05, 3.63) is 78.1 Å². The van der Waals surface area contributed by atoms with Gasteiger partial charge in [-0.1, -0.05) is 24.3 Å². The highest BCUT2D eigenvalue weighted by Gasteiger charge is 2.06. The summed E-state index contributed by atoms with van der Waals surface area (Å²) in [7, 11) is 0. The lowest BCUT2D eigenvalue weighted by molar-refractivity contribution is -0.144. The first-order chi connectivity index (χ1) is 12.2. The number of esters is 1. The molecule has 3 rings (SSSR count). The summed E-state index contributed by atoms with van der Waals surface area (Å²) in [5.41, 5.74) is 2.81. The summed E-state index contributed by atoms with van der Waals surface area (Å²) >= 11 is 0. The highest BCUT2D eigenvalue weighted by molar-refractivity contribution is 5.72. The number of aromatic nitrogens is 2. The van der Waals surface area contributed by atoms with Crippen molar-refractivity contribution in [1.29, 1.82) is 0 Å². The lowest BCUT2D eigenvalue weighted by Crippen LogP contribution is -2.08. The molecule has 0 saturated heterocycles. The van der Waals surface area contributed by atoms with Crippen LogP contribution in [0.15, 0.2) is 67.0 Å². The molecule has 0 aliphatic heterocycles. The molecule has 0 saturated carbocycles. The van der Waals surface area contributed by atoms with E-state index >= 15 is 0 Å². The lowest BCUT2D eigenvalue weighted by atomic mass is 10.1. The van der Waals surface area contributed by atoms with E-state index in [9.17, 15) is 4.79 Å².